The van der Waals surface area contributed by atoms with Gasteiger partial charge >= 0.3 is 0 Å². The lowest BCUT2D eigenvalue weighted by Gasteiger charge is -2.29. The standard InChI is InChI=1S/C23H25F3O3/c1-13(27)16-6-9-20(19(24)10-16)28-11-14-2-4-15(5-3-14)17-7-8-18(21-12-29-21)23(26)22(17)25/h6-10,13-15,21,27H,2-5,11-12H2,1H3. The van der Waals surface area contributed by atoms with E-state index in [0.29, 0.717) is 29.9 Å². The molecule has 1 aliphatic heterocycles. The van der Waals surface area contributed by atoms with Gasteiger partial charge in [0.1, 0.15) is 6.10 Å². The number of aliphatic hydroxyl groups excluding tert-OH is 1. The van der Waals surface area contributed by atoms with E-state index in [2.05, 4.69) is 0 Å². The predicted octanol–water partition coefficient (Wildman–Crippen LogP) is 5.58. The average Bonchev–Trinajstić information content (AvgIpc) is 3.54. The Kier molecular flexibility index (Phi) is 5.83. The van der Waals surface area contributed by atoms with Gasteiger partial charge in [0.25, 0.3) is 0 Å². The third kappa shape index (κ3) is 4.43. The number of aliphatic hydroxyl groups is 1. The third-order valence-electron chi connectivity index (χ3n) is 6.02. The van der Waals surface area contributed by atoms with E-state index in [1.54, 1.807) is 25.1 Å². The summed E-state index contributed by atoms with van der Waals surface area (Å²) in [7, 11) is 0. The van der Waals surface area contributed by atoms with Crippen LogP contribution in [0.3, 0.4) is 0 Å². The van der Waals surface area contributed by atoms with Gasteiger partial charge in [-0.2, -0.15) is 0 Å². The molecule has 1 N–H and O–H groups in total. The highest BCUT2D eigenvalue weighted by Crippen LogP contribution is 2.40. The van der Waals surface area contributed by atoms with Gasteiger partial charge in [-0.3, -0.25) is 0 Å². The van der Waals surface area contributed by atoms with Crippen LogP contribution in [-0.4, -0.2) is 18.3 Å². The minimum Gasteiger partial charge on any atom is -0.490 e. The highest BCUT2D eigenvalue weighted by Gasteiger charge is 2.32. The molecule has 2 aliphatic rings. The number of hydrogen-bond donors (Lipinski definition) is 1. The first kappa shape index (κ1) is 20.2. The summed E-state index contributed by atoms with van der Waals surface area (Å²) in [5, 5.41) is 9.51. The maximum absolute atomic E-state index is 14.5. The second kappa shape index (κ2) is 8.36. The molecule has 2 unspecified atom stereocenters. The molecular formula is C23H25F3O3. The summed E-state index contributed by atoms with van der Waals surface area (Å²) >= 11 is 0. The van der Waals surface area contributed by atoms with Crippen molar-refractivity contribution in [3.63, 3.8) is 0 Å². The molecule has 0 amide bonds. The first-order valence-corrected chi connectivity index (χ1v) is 10.1. The first-order valence-electron chi connectivity index (χ1n) is 10.1. The van der Waals surface area contributed by atoms with Crippen molar-refractivity contribution < 1.29 is 27.8 Å². The summed E-state index contributed by atoms with van der Waals surface area (Å²) in [6, 6.07) is 7.79. The molecule has 29 heavy (non-hydrogen) atoms. The first-order chi connectivity index (χ1) is 13.9. The number of rotatable bonds is 6. The Morgan fingerprint density at radius 1 is 1.03 bits per heavy atom. The molecule has 0 radical (unpaired) electrons. The number of benzene rings is 2. The van der Waals surface area contributed by atoms with E-state index in [1.807, 2.05) is 0 Å². The summed E-state index contributed by atoms with van der Waals surface area (Å²) in [5.41, 5.74) is 1.24. The van der Waals surface area contributed by atoms with Gasteiger partial charge in [0.2, 0.25) is 0 Å². The number of epoxide rings is 1. The Morgan fingerprint density at radius 3 is 2.31 bits per heavy atom. The minimum atomic E-state index is -0.786. The molecule has 0 aromatic heterocycles. The van der Waals surface area contributed by atoms with Crippen LogP contribution in [0, 0.1) is 23.4 Å². The Labute approximate surface area is 168 Å². The third-order valence-corrected chi connectivity index (χ3v) is 6.02. The second-order valence-corrected chi connectivity index (χ2v) is 8.09. The summed E-state index contributed by atoms with van der Waals surface area (Å²) < 4.78 is 53.6. The molecule has 4 rings (SSSR count). The van der Waals surface area contributed by atoms with Crippen molar-refractivity contribution in [1.29, 1.82) is 0 Å². The van der Waals surface area contributed by atoms with Crippen LogP contribution in [0.25, 0.3) is 0 Å². The quantitative estimate of drug-likeness (QED) is 0.637. The van der Waals surface area contributed by atoms with Crippen LogP contribution in [0.1, 0.15) is 67.4 Å². The molecule has 0 bridgehead atoms. The van der Waals surface area contributed by atoms with E-state index in [-0.39, 0.29) is 23.7 Å². The van der Waals surface area contributed by atoms with E-state index >= 15 is 0 Å². The van der Waals surface area contributed by atoms with E-state index in [0.717, 1.165) is 25.7 Å². The molecule has 1 aliphatic carbocycles. The lowest BCUT2D eigenvalue weighted by Crippen LogP contribution is -2.20. The van der Waals surface area contributed by atoms with E-state index in [1.165, 1.54) is 12.1 Å². The van der Waals surface area contributed by atoms with Crippen LogP contribution in [0.5, 0.6) is 5.75 Å². The Balaban J connectivity index is 1.32. The lowest BCUT2D eigenvalue weighted by atomic mass is 9.78. The average molecular weight is 406 g/mol. The van der Waals surface area contributed by atoms with Crippen molar-refractivity contribution in [2.45, 2.75) is 50.7 Å². The monoisotopic (exact) mass is 406 g/mol. The van der Waals surface area contributed by atoms with Gasteiger partial charge < -0.3 is 14.6 Å². The molecule has 1 saturated carbocycles. The van der Waals surface area contributed by atoms with Crippen molar-refractivity contribution in [2.75, 3.05) is 13.2 Å². The summed E-state index contributed by atoms with van der Waals surface area (Å²) in [4.78, 5) is 0. The zero-order chi connectivity index (χ0) is 20.5. The summed E-state index contributed by atoms with van der Waals surface area (Å²) in [6.45, 7) is 2.41. The SMILES string of the molecule is CC(O)c1ccc(OCC2CCC(c3ccc(C4CO4)c(F)c3F)CC2)c(F)c1. The molecule has 156 valence electrons. The zero-order valence-corrected chi connectivity index (χ0v) is 16.3. The van der Waals surface area contributed by atoms with Gasteiger partial charge in [-0.1, -0.05) is 18.2 Å². The smallest absolute Gasteiger partial charge is 0.165 e. The van der Waals surface area contributed by atoms with E-state index in [4.69, 9.17) is 9.47 Å². The molecule has 2 fully saturated rings. The van der Waals surface area contributed by atoms with E-state index in [9.17, 15) is 18.3 Å². The normalized spacial score (nSPS) is 24.9. The van der Waals surface area contributed by atoms with Crippen LogP contribution >= 0.6 is 0 Å². The van der Waals surface area contributed by atoms with E-state index < -0.39 is 23.6 Å². The predicted molar refractivity (Wildman–Crippen MR) is 102 cm³/mol. The van der Waals surface area contributed by atoms with Crippen LogP contribution in [-0.2, 0) is 4.74 Å². The zero-order valence-electron chi connectivity index (χ0n) is 16.3. The Hall–Kier alpha value is -2.05. The van der Waals surface area contributed by atoms with Crippen molar-refractivity contribution in [2.24, 2.45) is 5.92 Å². The van der Waals surface area contributed by atoms with Gasteiger partial charge in [-0.05, 0) is 67.7 Å². The topological polar surface area (TPSA) is 42.0 Å². The molecule has 2 atom stereocenters. The van der Waals surface area contributed by atoms with Gasteiger partial charge in [0, 0.05) is 5.56 Å². The lowest BCUT2D eigenvalue weighted by molar-refractivity contribution is 0.190. The molecule has 0 spiro atoms. The Bertz CT molecular complexity index is 872. The highest BCUT2D eigenvalue weighted by molar-refractivity contribution is 5.32. The van der Waals surface area contributed by atoms with Crippen LogP contribution in [0.4, 0.5) is 13.2 Å². The Morgan fingerprint density at radius 2 is 1.69 bits per heavy atom. The highest BCUT2D eigenvalue weighted by atomic mass is 19.2. The molecule has 6 heteroatoms. The summed E-state index contributed by atoms with van der Waals surface area (Å²) in [6.07, 6.45) is 2.07. The van der Waals surface area contributed by atoms with Crippen LogP contribution in [0.2, 0.25) is 0 Å². The number of halogens is 3. The van der Waals surface area contributed by atoms with Gasteiger partial charge in [0.15, 0.2) is 23.2 Å². The van der Waals surface area contributed by atoms with Crippen molar-refractivity contribution in [3.05, 3.63) is 64.5 Å². The number of hydrogen-bond acceptors (Lipinski definition) is 3. The molecule has 1 heterocycles. The van der Waals surface area contributed by atoms with Gasteiger partial charge in [-0.25, -0.2) is 13.2 Å². The molecule has 2 aromatic rings. The fourth-order valence-electron chi connectivity index (χ4n) is 4.11. The maximum atomic E-state index is 14.5. The number of ether oxygens (including phenoxy) is 2. The van der Waals surface area contributed by atoms with Crippen molar-refractivity contribution in [3.8, 4) is 5.75 Å². The van der Waals surface area contributed by atoms with Gasteiger partial charge in [-0.15, -0.1) is 0 Å². The second-order valence-electron chi connectivity index (χ2n) is 8.09. The fraction of sp³-hybridized carbons (Fsp3) is 0.478. The fourth-order valence-corrected chi connectivity index (χ4v) is 4.11. The molecule has 1 saturated heterocycles. The minimum absolute atomic E-state index is 0.0167. The van der Waals surface area contributed by atoms with Crippen LogP contribution in [0.15, 0.2) is 30.3 Å². The van der Waals surface area contributed by atoms with Gasteiger partial charge in [0.05, 0.1) is 19.3 Å². The largest absolute Gasteiger partial charge is 0.490 e. The van der Waals surface area contributed by atoms with Crippen molar-refractivity contribution in [1.82, 2.24) is 0 Å². The molecule has 3 nitrogen and oxygen atoms in total. The molecule has 2 aromatic carbocycles. The van der Waals surface area contributed by atoms with Crippen LogP contribution < -0.4 is 4.74 Å². The molecular weight excluding hydrogens is 381 g/mol. The summed E-state index contributed by atoms with van der Waals surface area (Å²) in [5.74, 6) is -1.63. The maximum Gasteiger partial charge on any atom is 0.165 e. The van der Waals surface area contributed by atoms with Crippen molar-refractivity contribution >= 4 is 0 Å².